The van der Waals surface area contributed by atoms with Gasteiger partial charge >= 0.3 is 0 Å². The summed E-state index contributed by atoms with van der Waals surface area (Å²) in [7, 11) is 1.66. The van der Waals surface area contributed by atoms with Crippen molar-refractivity contribution in [2.24, 2.45) is 11.0 Å². The largest absolute Gasteiger partial charge is 0.497 e. The number of benzene rings is 2. The first-order valence-corrected chi connectivity index (χ1v) is 8.39. The number of aryl methyl sites for hydroxylation is 1. The van der Waals surface area contributed by atoms with Gasteiger partial charge in [-0.25, -0.2) is 9.40 Å². The third-order valence-corrected chi connectivity index (χ3v) is 5.06. The molecule has 4 rings (SSSR count). The van der Waals surface area contributed by atoms with Crippen LogP contribution < -0.4 is 4.74 Å². The van der Waals surface area contributed by atoms with Crippen LogP contribution in [0.25, 0.3) is 0 Å². The second kappa shape index (κ2) is 5.99. The van der Waals surface area contributed by atoms with Gasteiger partial charge < -0.3 is 4.74 Å². The summed E-state index contributed by atoms with van der Waals surface area (Å²) in [5, 5.41) is 6.20. The predicted molar refractivity (Wildman–Crippen MR) is 93.0 cm³/mol. The van der Waals surface area contributed by atoms with Crippen LogP contribution in [-0.4, -0.2) is 23.7 Å². The maximum atomic E-state index is 13.3. The summed E-state index contributed by atoms with van der Waals surface area (Å²) in [6.07, 6.45) is 1.80. The molecule has 0 aromatic heterocycles. The fraction of sp³-hybridized carbons (Fsp3) is 0.300. The van der Waals surface area contributed by atoms with Gasteiger partial charge in [-0.2, -0.15) is 5.10 Å². The molecule has 1 amide bonds. The molecule has 4 nitrogen and oxygen atoms in total. The van der Waals surface area contributed by atoms with Gasteiger partial charge in [0.15, 0.2) is 0 Å². The van der Waals surface area contributed by atoms with Crippen molar-refractivity contribution >= 4 is 11.6 Å². The van der Waals surface area contributed by atoms with E-state index in [1.807, 2.05) is 18.2 Å². The van der Waals surface area contributed by atoms with Crippen molar-refractivity contribution < 1.29 is 13.9 Å². The Bertz CT molecular complexity index is 860. The van der Waals surface area contributed by atoms with Crippen LogP contribution in [0.4, 0.5) is 4.39 Å². The third-order valence-electron chi connectivity index (χ3n) is 5.06. The average molecular weight is 338 g/mol. The van der Waals surface area contributed by atoms with Gasteiger partial charge in [0.25, 0.3) is 0 Å². The van der Waals surface area contributed by atoms with Crippen LogP contribution in [0, 0.1) is 11.7 Å². The Kier molecular flexibility index (Phi) is 3.79. The Morgan fingerprint density at radius 3 is 2.68 bits per heavy atom. The van der Waals surface area contributed by atoms with Crippen molar-refractivity contribution in [3.05, 3.63) is 65.0 Å². The lowest BCUT2D eigenvalue weighted by atomic mass is 9.77. The highest BCUT2D eigenvalue weighted by Crippen LogP contribution is 2.43. The number of fused-ring (bicyclic) bond motifs is 3. The summed E-state index contributed by atoms with van der Waals surface area (Å²) in [6.45, 7) is 1.52. The minimum atomic E-state index is -0.279. The molecule has 5 heteroatoms. The van der Waals surface area contributed by atoms with Gasteiger partial charge in [0.2, 0.25) is 5.91 Å². The molecule has 1 aliphatic heterocycles. The number of ether oxygens (including phenoxy) is 1. The van der Waals surface area contributed by atoms with Gasteiger partial charge in [-0.05, 0) is 54.3 Å². The summed E-state index contributed by atoms with van der Waals surface area (Å²) in [5.74, 6) is 0.564. The zero-order valence-electron chi connectivity index (χ0n) is 14.2. The Labute approximate surface area is 145 Å². The minimum Gasteiger partial charge on any atom is -0.497 e. The molecule has 25 heavy (non-hydrogen) atoms. The Morgan fingerprint density at radius 2 is 2.00 bits per heavy atom. The van der Waals surface area contributed by atoms with Crippen molar-refractivity contribution in [1.82, 2.24) is 5.01 Å². The zero-order chi connectivity index (χ0) is 17.6. The van der Waals surface area contributed by atoms with Crippen molar-refractivity contribution in [2.45, 2.75) is 25.8 Å². The maximum Gasteiger partial charge on any atom is 0.240 e. The van der Waals surface area contributed by atoms with E-state index in [0.717, 1.165) is 35.4 Å². The fourth-order valence-corrected chi connectivity index (χ4v) is 3.89. The number of methoxy groups -OCH3 is 1. The molecule has 0 spiro atoms. The number of nitrogens with zero attached hydrogens (tertiary/aromatic N) is 2. The molecule has 1 aliphatic carbocycles. The van der Waals surface area contributed by atoms with Crippen LogP contribution in [-0.2, 0) is 11.2 Å². The van der Waals surface area contributed by atoms with E-state index >= 15 is 0 Å². The highest BCUT2D eigenvalue weighted by Gasteiger charge is 2.43. The first-order chi connectivity index (χ1) is 12.1. The molecule has 128 valence electrons. The lowest BCUT2D eigenvalue weighted by Crippen LogP contribution is -2.31. The molecule has 2 aromatic carbocycles. The van der Waals surface area contributed by atoms with Crippen molar-refractivity contribution in [2.75, 3.05) is 7.11 Å². The van der Waals surface area contributed by atoms with E-state index in [9.17, 15) is 9.18 Å². The Hall–Kier alpha value is -2.69. The molecule has 1 heterocycles. The number of hydrazone groups is 1. The SMILES string of the molecule is COc1ccc2c(c1)CC[C@@H]1C2=NN(C(C)=O)[C@H]1c1ccc(F)cc1. The molecule has 0 saturated carbocycles. The van der Waals surface area contributed by atoms with Gasteiger partial charge in [0, 0.05) is 18.4 Å². The highest BCUT2D eigenvalue weighted by molar-refractivity contribution is 6.06. The van der Waals surface area contributed by atoms with Gasteiger partial charge in [-0.3, -0.25) is 4.79 Å². The molecule has 0 saturated heterocycles. The number of carbonyl (C=O) groups excluding carboxylic acids is 1. The molecule has 0 fully saturated rings. The summed E-state index contributed by atoms with van der Waals surface area (Å²) < 4.78 is 18.6. The van der Waals surface area contributed by atoms with E-state index in [1.165, 1.54) is 24.6 Å². The number of amides is 1. The molecule has 0 radical (unpaired) electrons. The molecule has 0 N–H and O–H groups in total. The first-order valence-electron chi connectivity index (χ1n) is 8.39. The summed E-state index contributed by atoms with van der Waals surface area (Å²) in [6, 6.07) is 12.2. The topological polar surface area (TPSA) is 41.9 Å². The van der Waals surface area contributed by atoms with E-state index in [1.54, 1.807) is 24.3 Å². The summed E-state index contributed by atoms with van der Waals surface area (Å²) in [4.78, 5) is 12.2. The normalized spacial score (nSPS) is 21.4. The lowest BCUT2D eigenvalue weighted by molar-refractivity contribution is -0.131. The smallest absolute Gasteiger partial charge is 0.240 e. The van der Waals surface area contributed by atoms with Crippen LogP contribution in [0.3, 0.4) is 0 Å². The van der Waals surface area contributed by atoms with Crippen LogP contribution in [0.15, 0.2) is 47.6 Å². The predicted octanol–water partition coefficient (Wildman–Crippen LogP) is 3.70. The number of hydrogen-bond donors (Lipinski definition) is 0. The average Bonchev–Trinajstić information content (AvgIpc) is 3.02. The minimum absolute atomic E-state index is 0.105. The lowest BCUT2D eigenvalue weighted by Gasteiger charge is -2.29. The third kappa shape index (κ3) is 2.60. The fourth-order valence-electron chi connectivity index (χ4n) is 3.89. The monoisotopic (exact) mass is 338 g/mol. The van der Waals surface area contributed by atoms with Crippen molar-refractivity contribution in [1.29, 1.82) is 0 Å². The molecular weight excluding hydrogens is 319 g/mol. The van der Waals surface area contributed by atoms with E-state index in [4.69, 9.17) is 4.74 Å². The molecule has 2 aromatic rings. The highest BCUT2D eigenvalue weighted by atomic mass is 19.1. The summed E-state index contributed by atoms with van der Waals surface area (Å²) in [5.41, 5.74) is 4.12. The standard InChI is InChI=1S/C20H19FN2O2/c1-12(24)23-20(13-3-6-15(21)7-4-13)18-9-5-14-11-16(25-2)8-10-17(14)19(18)22-23/h3-4,6-8,10-11,18,20H,5,9H2,1-2H3/t18-,20+/m1/s1. The van der Waals surface area contributed by atoms with E-state index < -0.39 is 0 Å². The number of rotatable bonds is 2. The van der Waals surface area contributed by atoms with Crippen LogP contribution in [0.5, 0.6) is 5.75 Å². The quantitative estimate of drug-likeness (QED) is 0.838. The number of hydrogen-bond acceptors (Lipinski definition) is 3. The second-order valence-corrected chi connectivity index (χ2v) is 6.51. The maximum absolute atomic E-state index is 13.3. The van der Waals surface area contributed by atoms with Gasteiger partial charge in [-0.15, -0.1) is 0 Å². The molecule has 0 bridgehead atoms. The van der Waals surface area contributed by atoms with Gasteiger partial charge in [-0.1, -0.05) is 12.1 Å². The van der Waals surface area contributed by atoms with Gasteiger partial charge in [0.05, 0.1) is 18.9 Å². The Balaban J connectivity index is 1.78. The van der Waals surface area contributed by atoms with E-state index in [2.05, 4.69) is 5.10 Å². The molecule has 2 aliphatic rings. The molecule has 0 unspecified atom stereocenters. The molecule has 2 atom stereocenters. The summed E-state index contributed by atoms with van der Waals surface area (Å²) >= 11 is 0. The van der Waals surface area contributed by atoms with Crippen LogP contribution in [0.1, 0.15) is 36.1 Å². The number of carbonyl (C=O) groups is 1. The first kappa shape index (κ1) is 15.8. The van der Waals surface area contributed by atoms with Crippen molar-refractivity contribution in [3.8, 4) is 5.75 Å². The van der Waals surface area contributed by atoms with Crippen molar-refractivity contribution in [3.63, 3.8) is 0 Å². The zero-order valence-corrected chi connectivity index (χ0v) is 14.2. The number of halogens is 1. The molecular formula is C20H19FN2O2. The second-order valence-electron chi connectivity index (χ2n) is 6.51. The van der Waals surface area contributed by atoms with E-state index in [0.29, 0.717) is 0 Å². The van der Waals surface area contributed by atoms with Gasteiger partial charge in [0.1, 0.15) is 11.6 Å². The van der Waals surface area contributed by atoms with Crippen LogP contribution >= 0.6 is 0 Å². The van der Waals surface area contributed by atoms with Crippen LogP contribution in [0.2, 0.25) is 0 Å². The Morgan fingerprint density at radius 1 is 1.24 bits per heavy atom. The van der Waals surface area contributed by atoms with E-state index in [-0.39, 0.29) is 23.7 Å².